The van der Waals surface area contributed by atoms with Gasteiger partial charge in [0.25, 0.3) is 0 Å². The predicted molar refractivity (Wildman–Crippen MR) is 396 cm³/mol. The molecule has 2 aliphatic rings. The lowest BCUT2D eigenvalue weighted by molar-refractivity contribution is -0.151. The Labute approximate surface area is 617 Å². The first-order valence-electron chi connectivity index (χ1n) is 37.1. The third kappa shape index (κ3) is 27.1. The van der Waals surface area contributed by atoms with Crippen LogP contribution in [0.15, 0.2) is 60.7 Å². The molecule has 2 fully saturated rings. The van der Waals surface area contributed by atoms with E-state index in [2.05, 4.69) is 26.6 Å². The van der Waals surface area contributed by atoms with Crippen LogP contribution in [0.5, 0.6) is 0 Å². The summed E-state index contributed by atoms with van der Waals surface area (Å²) in [6, 6.07) is 4.15. The molecule has 0 radical (unpaired) electrons. The van der Waals surface area contributed by atoms with Gasteiger partial charge in [0, 0.05) is 68.4 Å². The Bertz CT molecular complexity index is 3170. The van der Waals surface area contributed by atoms with Gasteiger partial charge in [-0.15, -0.1) is 0 Å². The number of carbonyl (C=O) groups is 12. The predicted octanol–water partition coefficient (Wildman–Crippen LogP) is 3.69. The lowest BCUT2D eigenvalue weighted by Gasteiger charge is -2.37. The number of rotatable bonds is 21. The maximum Gasteiger partial charge on any atom is 0.248 e. The van der Waals surface area contributed by atoms with Crippen LogP contribution in [0.1, 0.15) is 165 Å². The third-order valence-electron chi connectivity index (χ3n) is 19.3. The number of nitrogens with one attached hydrogen (secondary N) is 5. The number of aliphatic hydroxyl groups excluding tert-OH is 1. The maximum atomic E-state index is 15.6. The standard InChI is InChI=1S/C77H124N12O15/c1-47(2)39-55-71(97)86(17)61(42-50(7)8)70(96)82-66(52(11)90)75(101)83(14)45-64(92)84(15)59(40-48(3)4)68(94)80-57(46-104-38-35-77(12,13)103)72(98)88(19)62(43-54-31-25-21-26-32-54)74(100)87(18)60(41-49(5)6)69(95)79-56(73(99)89-36-27-22-28-37-89)44-63(91)81-65(51(9)10)76(102)85(16)58(67(93)78-55)34-33-53-29-23-20-24-30-53/h20-21,23-26,29-32,47-52,55-62,65-66,90,103H,22,27-28,33-46H2,1-19H3,(H,78,93)(H,79,95)(H,80,94)(H,81,91)(H,82,96)/t52-,55+,56+,57+,58+,59+,60+,61+,62+,65-,66+/m1/s1. The highest BCUT2D eigenvalue weighted by Gasteiger charge is 2.44. The zero-order chi connectivity index (χ0) is 78.2. The smallest absolute Gasteiger partial charge is 0.248 e. The normalized spacial score (nSPS) is 24.7. The number of aliphatic hydroxyl groups is 2. The Kier molecular flexibility index (Phi) is 35.3. The lowest BCUT2D eigenvalue weighted by Crippen LogP contribution is -2.62. The Morgan fingerprint density at radius 1 is 0.510 bits per heavy atom. The molecule has 11 atom stereocenters. The van der Waals surface area contributed by atoms with Crippen molar-refractivity contribution < 1.29 is 72.5 Å². The van der Waals surface area contributed by atoms with E-state index in [0.29, 0.717) is 31.5 Å². The van der Waals surface area contributed by atoms with Crippen molar-refractivity contribution >= 4 is 70.9 Å². The first-order valence-corrected chi connectivity index (χ1v) is 37.1. The van der Waals surface area contributed by atoms with Gasteiger partial charge in [-0.3, -0.25) is 57.5 Å². The van der Waals surface area contributed by atoms with Crippen LogP contribution in [0.4, 0.5) is 0 Å². The fourth-order valence-electron chi connectivity index (χ4n) is 13.0. The maximum absolute atomic E-state index is 15.6. The average Bonchev–Trinajstić information content (AvgIpc) is 0.827. The molecule has 0 unspecified atom stereocenters. The van der Waals surface area contributed by atoms with E-state index < -0.39 is 168 Å². The van der Waals surface area contributed by atoms with E-state index in [1.807, 2.05) is 85.7 Å². The highest BCUT2D eigenvalue weighted by Crippen LogP contribution is 2.24. The van der Waals surface area contributed by atoms with Crippen LogP contribution in [-0.2, 0) is 75.1 Å². The van der Waals surface area contributed by atoms with Crippen LogP contribution in [-0.4, -0.2) is 263 Å². The minimum absolute atomic E-state index is 0.0382. The van der Waals surface area contributed by atoms with Crippen LogP contribution in [0, 0.1) is 29.6 Å². The highest BCUT2D eigenvalue weighted by molar-refractivity contribution is 6.00. The van der Waals surface area contributed by atoms with E-state index in [-0.39, 0.29) is 81.6 Å². The van der Waals surface area contributed by atoms with Crippen molar-refractivity contribution in [2.24, 2.45) is 29.6 Å². The van der Waals surface area contributed by atoms with Crippen molar-refractivity contribution in [2.75, 3.05) is 75.1 Å². The molecule has 104 heavy (non-hydrogen) atoms. The van der Waals surface area contributed by atoms with E-state index in [0.717, 1.165) is 26.7 Å². The molecule has 582 valence electrons. The van der Waals surface area contributed by atoms with Crippen LogP contribution in [0.2, 0.25) is 0 Å². The molecule has 12 amide bonds. The summed E-state index contributed by atoms with van der Waals surface area (Å²) in [4.78, 5) is 189. The number of aryl methyl sites for hydroxylation is 1. The summed E-state index contributed by atoms with van der Waals surface area (Å²) < 4.78 is 6.03. The molecule has 2 aliphatic heterocycles. The number of nitrogens with zero attached hydrogens (tertiary/aromatic N) is 7. The first kappa shape index (κ1) is 88.4. The zero-order valence-corrected chi connectivity index (χ0v) is 65.4. The quantitative estimate of drug-likeness (QED) is 0.0877. The van der Waals surface area contributed by atoms with Gasteiger partial charge in [0.2, 0.25) is 70.9 Å². The molecule has 0 aliphatic carbocycles. The Balaban J connectivity index is 2.00. The first-order chi connectivity index (χ1) is 48.6. The summed E-state index contributed by atoms with van der Waals surface area (Å²) in [5, 5.41) is 36.0. The number of likely N-dealkylation sites (tertiary alicyclic amines) is 1. The Morgan fingerprint density at radius 2 is 0.962 bits per heavy atom. The zero-order valence-electron chi connectivity index (χ0n) is 65.4. The van der Waals surface area contributed by atoms with Crippen LogP contribution in [0.3, 0.4) is 0 Å². The third-order valence-corrected chi connectivity index (χ3v) is 19.3. The lowest BCUT2D eigenvalue weighted by atomic mass is 9.96. The van der Waals surface area contributed by atoms with Gasteiger partial charge in [-0.05, 0) is 126 Å². The number of ether oxygens (including phenoxy) is 1. The van der Waals surface area contributed by atoms with Gasteiger partial charge in [-0.2, -0.15) is 0 Å². The van der Waals surface area contributed by atoms with E-state index in [1.54, 1.807) is 62.9 Å². The monoisotopic (exact) mass is 1460 g/mol. The molecule has 0 bridgehead atoms. The second-order valence-electron chi connectivity index (χ2n) is 31.2. The van der Waals surface area contributed by atoms with E-state index in [9.17, 15) is 34.2 Å². The molecular formula is C77H124N12O15. The SMILES string of the molecule is CC(C)C[C@@H]1NC(=O)[C@H](CCc2ccccc2)N(C)C(=O)[C@@H](C(C)C)NC(=O)C[C@@H](C(=O)N2CCCCC2)NC(=O)[C@H](CC(C)C)N(C)C(=O)[C@H](Cc2ccccc2)N(C)C(=O)[C@H](COCCC(C)(C)O)NC(=O)[C@H](CC(C)C)N(C)C(=O)CN(C)C(=O)[C@H]([C@@H](C)O)NC(=O)[C@H](CC(C)C)N(C)C1=O. The molecule has 0 aromatic heterocycles. The number of likely N-dealkylation sites (N-methyl/N-ethyl adjacent to an activating group) is 6. The van der Waals surface area contributed by atoms with Gasteiger partial charge >= 0.3 is 0 Å². The van der Waals surface area contributed by atoms with Crippen molar-refractivity contribution in [3.8, 4) is 0 Å². The number of carbonyl (C=O) groups excluding carboxylic acids is 12. The number of amides is 12. The van der Waals surface area contributed by atoms with Crippen molar-refractivity contribution in [3.63, 3.8) is 0 Å². The Hall–Kier alpha value is -8.04. The molecule has 0 spiro atoms. The van der Waals surface area contributed by atoms with Crippen molar-refractivity contribution in [3.05, 3.63) is 71.8 Å². The minimum atomic E-state index is -1.68. The molecule has 4 rings (SSSR count). The van der Waals surface area contributed by atoms with Gasteiger partial charge in [-0.25, -0.2) is 0 Å². The summed E-state index contributed by atoms with van der Waals surface area (Å²) >= 11 is 0. The number of piperidine rings is 1. The average molecular weight is 1460 g/mol. The Morgan fingerprint density at radius 3 is 1.47 bits per heavy atom. The largest absolute Gasteiger partial charge is 0.391 e. The fraction of sp³-hybridized carbons (Fsp3) is 0.688. The van der Waals surface area contributed by atoms with Crippen LogP contribution in [0.25, 0.3) is 0 Å². The van der Waals surface area contributed by atoms with Crippen molar-refractivity contribution in [2.45, 2.75) is 239 Å². The fourth-order valence-corrected chi connectivity index (χ4v) is 13.0. The summed E-state index contributed by atoms with van der Waals surface area (Å²) in [6.45, 7) is 21.9. The van der Waals surface area contributed by atoms with Gasteiger partial charge in [0.05, 0.1) is 31.3 Å². The van der Waals surface area contributed by atoms with Crippen LogP contribution >= 0.6 is 0 Å². The molecule has 7 N–H and O–H groups in total. The van der Waals surface area contributed by atoms with Crippen LogP contribution < -0.4 is 26.6 Å². The second-order valence-corrected chi connectivity index (χ2v) is 31.2. The number of benzene rings is 2. The minimum Gasteiger partial charge on any atom is -0.391 e. The molecule has 0 saturated carbocycles. The van der Waals surface area contributed by atoms with Gasteiger partial charge in [0.15, 0.2) is 0 Å². The molecule has 2 heterocycles. The van der Waals surface area contributed by atoms with Crippen molar-refractivity contribution in [1.29, 1.82) is 0 Å². The van der Waals surface area contributed by atoms with E-state index in [4.69, 9.17) is 4.74 Å². The van der Waals surface area contributed by atoms with Gasteiger partial charge in [-0.1, -0.05) is 130 Å². The summed E-state index contributed by atoms with van der Waals surface area (Å²) in [5.74, 6) is -10.6. The molecule has 27 heteroatoms. The summed E-state index contributed by atoms with van der Waals surface area (Å²) in [6.07, 6.45) is 0.498. The molecule has 27 nitrogen and oxygen atoms in total. The van der Waals surface area contributed by atoms with Gasteiger partial charge < -0.3 is 75.8 Å². The van der Waals surface area contributed by atoms with E-state index in [1.165, 1.54) is 63.9 Å². The summed E-state index contributed by atoms with van der Waals surface area (Å²) in [5.41, 5.74) is 0.261. The van der Waals surface area contributed by atoms with Crippen molar-refractivity contribution in [1.82, 2.24) is 60.9 Å². The highest BCUT2D eigenvalue weighted by atomic mass is 16.5. The van der Waals surface area contributed by atoms with E-state index >= 15 is 33.6 Å². The molecule has 2 aromatic rings. The number of hydrogen-bond donors (Lipinski definition) is 7. The number of hydrogen-bond acceptors (Lipinski definition) is 15. The molecule has 2 saturated heterocycles. The van der Waals surface area contributed by atoms with Gasteiger partial charge in [0.1, 0.15) is 60.4 Å². The molecular weight excluding hydrogens is 1330 g/mol. The topological polar surface area (TPSA) is 337 Å². The summed E-state index contributed by atoms with van der Waals surface area (Å²) in [7, 11) is 8.26. The second kappa shape index (κ2) is 41.6. The molecule has 2 aromatic carbocycles.